The van der Waals surface area contributed by atoms with Crippen molar-refractivity contribution in [2.75, 3.05) is 18.1 Å². The summed E-state index contributed by atoms with van der Waals surface area (Å²) < 4.78 is 9.24. The Hall–Kier alpha value is -2.69. The monoisotopic (exact) mass is 417 g/mol. The standard InChI is InChI=1S/C26H29N2OS/c1-3-4-18-29-19-10-9-16-28-17-15-21(22-11-5-6-12-23(22)28)20-26-27(2)24-13-7-8-14-25(24)30-26/h5-9,11-17,20H,3-4,10,18-19H2,1-2H3/q+1. The average Bonchev–Trinajstić information content (AvgIpc) is 3.10. The molecular weight excluding hydrogens is 388 g/mol. The number of nitrogens with zero attached hydrogens (tertiary/aromatic N) is 2. The van der Waals surface area contributed by atoms with Gasteiger partial charge in [-0.15, -0.1) is 0 Å². The van der Waals surface area contributed by atoms with Crippen molar-refractivity contribution in [1.29, 1.82) is 0 Å². The number of anilines is 1. The number of hydrogen-bond donors (Lipinski definition) is 0. The van der Waals surface area contributed by atoms with E-state index in [9.17, 15) is 0 Å². The number of hydrogen-bond acceptors (Lipinski definition) is 3. The van der Waals surface area contributed by atoms with Crippen LogP contribution in [0.15, 0.2) is 73.1 Å². The van der Waals surface area contributed by atoms with E-state index >= 15 is 0 Å². The zero-order chi connectivity index (χ0) is 20.8. The van der Waals surface area contributed by atoms with E-state index in [4.69, 9.17) is 4.74 Å². The van der Waals surface area contributed by atoms with E-state index in [1.165, 1.54) is 38.5 Å². The quantitative estimate of drug-likeness (QED) is 0.315. The molecular formula is C26H29N2OS+. The van der Waals surface area contributed by atoms with Crippen LogP contribution < -0.4 is 9.47 Å². The maximum absolute atomic E-state index is 5.65. The van der Waals surface area contributed by atoms with Crippen LogP contribution in [0.2, 0.25) is 0 Å². The number of aryl methyl sites for hydroxylation is 1. The highest BCUT2D eigenvalue weighted by Gasteiger charge is 2.18. The van der Waals surface area contributed by atoms with E-state index in [1.807, 2.05) is 11.3 Å². The normalized spacial score (nSPS) is 14.9. The molecule has 1 aliphatic heterocycles. The van der Waals surface area contributed by atoms with Gasteiger partial charge >= 0.3 is 0 Å². The zero-order valence-corrected chi connectivity index (χ0v) is 18.6. The predicted molar refractivity (Wildman–Crippen MR) is 128 cm³/mol. The molecule has 0 unspecified atom stereocenters. The molecule has 1 aliphatic rings. The Morgan fingerprint density at radius 1 is 1.07 bits per heavy atom. The lowest BCUT2D eigenvalue weighted by Crippen LogP contribution is -2.29. The Morgan fingerprint density at radius 2 is 1.90 bits per heavy atom. The van der Waals surface area contributed by atoms with Crippen molar-refractivity contribution in [3.8, 4) is 0 Å². The number of aromatic nitrogens is 1. The van der Waals surface area contributed by atoms with Gasteiger partial charge in [0.2, 0.25) is 5.52 Å². The number of fused-ring (bicyclic) bond motifs is 2. The summed E-state index contributed by atoms with van der Waals surface area (Å²) in [6.45, 7) is 3.83. The fourth-order valence-electron chi connectivity index (χ4n) is 3.60. The molecule has 0 saturated carbocycles. The van der Waals surface area contributed by atoms with Crippen LogP contribution in [0, 0.1) is 0 Å². The second kappa shape index (κ2) is 9.88. The van der Waals surface area contributed by atoms with Crippen molar-refractivity contribution in [3.05, 3.63) is 83.7 Å². The molecule has 1 aromatic heterocycles. The molecule has 0 bridgehead atoms. The van der Waals surface area contributed by atoms with Gasteiger partial charge in [-0.1, -0.05) is 61.1 Å². The summed E-state index contributed by atoms with van der Waals surface area (Å²) in [5, 5.41) is 1.25. The molecule has 2 heterocycles. The molecule has 0 spiro atoms. The largest absolute Gasteiger partial charge is 0.381 e. The third-order valence-electron chi connectivity index (χ3n) is 5.30. The highest BCUT2D eigenvalue weighted by molar-refractivity contribution is 7.18. The minimum absolute atomic E-state index is 0.781. The minimum atomic E-state index is 0.781. The first kappa shape index (κ1) is 20.6. The topological polar surface area (TPSA) is 16.4 Å². The average molecular weight is 418 g/mol. The third-order valence-corrected chi connectivity index (χ3v) is 6.46. The van der Waals surface area contributed by atoms with Crippen molar-refractivity contribution >= 4 is 38.9 Å². The van der Waals surface area contributed by atoms with Crippen LogP contribution in [0.5, 0.6) is 0 Å². The van der Waals surface area contributed by atoms with Crippen LogP contribution in [-0.2, 0) is 11.8 Å². The van der Waals surface area contributed by atoms with Gasteiger partial charge in [-0.3, -0.25) is 0 Å². The molecule has 0 radical (unpaired) electrons. The number of ether oxygens (including phenoxy) is 1. The molecule has 4 rings (SSSR count). The smallest absolute Gasteiger partial charge is 0.263 e. The van der Waals surface area contributed by atoms with Crippen LogP contribution in [-0.4, -0.2) is 13.2 Å². The molecule has 0 saturated heterocycles. The molecule has 154 valence electrons. The zero-order valence-electron chi connectivity index (χ0n) is 17.8. The van der Waals surface area contributed by atoms with Gasteiger partial charge in [-0.2, -0.15) is 4.57 Å². The number of rotatable bonds is 8. The molecule has 0 amide bonds. The van der Waals surface area contributed by atoms with Crippen molar-refractivity contribution in [1.82, 2.24) is 0 Å². The van der Waals surface area contributed by atoms with Gasteiger partial charge in [-0.25, -0.2) is 0 Å². The van der Waals surface area contributed by atoms with Gasteiger partial charge in [0.15, 0.2) is 0 Å². The lowest BCUT2D eigenvalue weighted by molar-refractivity contribution is -0.642. The van der Waals surface area contributed by atoms with Crippen molar-refractivity contribution in [2.45, 2.75) is 26.2 Å². The van der Waals surface area contributed by atoms with E-state index in [-0.39, 0.29) is 0 Å². The molecule has 0 aliphatic carbocycles. The van der Waals surface area contributed by atoms with E-state index in [0.717, 1.165) is 26.1 Å². The van der Waals surface area contributed by atoms with Gasteiger partial charge in [-0.05, 0) is 36.6 Å². The first-order chi connectivity index (χ1) is 14.8. The van der Waals surface area contributed by atoms with E-state index in [2.05, 4.69) is 103 Å². The van der Waals surface area contributed by atoms with Crippen molar-refractivity contribution < 1.29 is 9.30 Å². The van der Waals surface area contributed by atoms with Crippen LogP contribution in [0.4, 0.5) is 5.69 Å². The molecule has 3 aromatic rings. The fraction of sp³-hybridized carbons (Fsp3) is 0.269. The Balaban J connectivity index is 1.54. The van der Waals surface area contributed by atoms with Crippen molar-refractivity contribution in [3.63, 3.8) is 0 Å². The van der Waals surface area contributed by atoms with Gasteiger partial charge in [0, 0.05) is 36.7 Å². The lowest BCUT2D eigenvalue weighted by atomic mass is 10.00. The number of unbranched alkanes of at least 4 members (excludes halogenated alkanes) is 1. The summed E-state index contributed by atoms with van der Waals surface area (Å²) in [4.78, 5) is 2.20. The first-order valence-electron chi connectivity index (χ1n) is 10.7. The molecule has 0 atom stereocenters. The summed E-state index contributed by atoms with van der Waals surface area (Å²) >= 11 is 1.83. The van der Waals surface area contributed by atoms with E-state index in [1.54, 1.807) is 0 Å². The minimum Gasteiger partial charge on any atom is -0.381 e. The molecule has 4 heteroatoms. The Bertz CT molecular complexity index is 1090. The molecule has 0 N–H and O–H groups in total. The fourth-order valence-corrected chi connectivity index (χ4v) is 4.70. The van der Waals surface area contributed by atoms with Crippen LogP contribution in [0.1, 0.15) is 36.8 Å². The summed E-state index contributed by atoms with van der Waals surface area (Å²) in [7, 11) is 2.14. The highest BCUT2D eigenvalue weighted by Crippen LogP contribution is 2.34. The number of allylic oxidation sites excluding steroid dienone is 2. The summed E-state index contributed by atoms with van der Waals surface area (Å²) in [5.41, 5.74) is 4.97. The Labute approximate surface area is 183 Å². The molecule has 0 fully saturated rings. The van der Waals surface area contributed by atoms with Crippen LogP contribution in [0.25, 0.3) is 21.9 Å². The predicted octanol–water partition coefficient (Wildman–Crippen LogP) is 6.32. The maximum Gasteiger partial charge on any atom is 0.263 e. The van der Waals surface area contributed by atoms with E-state index < -0.39 is 0 Å². The first-order valence-corrected chi connectivity index (χ1v) is 11.5. The van der Waals surface area contributed by atoms with Gasteiger partial charge in [0.1, 0.15) is 11.7 Å². The Morgan fingerprint density at radius 3 is 2.77 bits per heavy atom. The van der Waals surface area contributed by atoms with Crippen LogP contribution >= 0.6 is 11.3 Å². The van der Waals surface area contributed by atoms with E-state index in [0.29, 0.717) is 0 Å². The third kappa shape index (κ3) is 4.55. The SMILES string of the molecule is CCCCOCCC=CN1C=C/C(=C\c2sc3ccccc3[n+]2C)c2ccccc21. The number of benzene rings is 2. The summed E-state index contributed by atoms with van der Waals surface area (Å²) in [6, 6.07) is 17.2. The van der Waals surface area contributed by atoms with Crippen molar-refractivity contribution in [2.24, 2.45) is 7.05 Å². The van der Waals surface area contributed by atoms with Gasteiger partial charge in [0.05, 0.1) is 12.3 Å². The second-order valence-corrected chi connectivity index (χ2v) is 8.51. The number of para-hydroxylation sites is 2. The number of thiazole rings is 1. The summed E-state index contributed by atoms with van der Waals surface area (Å²) in [5.74, 6) is 0. The lowest BCUT2D eigenvalue weighted by Gasteiger charge is -2.24. The second-order valence-electron chi connectivity index (χ2n) is 7.45. The van der Waals surface area contributed by atoms with Gasteiger partial charge < -0.3 is 9.64 Å². The molecule has 30 heavy (non-hydrogen) atoms. The molecule has 3 nitrogen and oxygen atoms in total. The Kier molecular flexibility index (Phi) is 6.77. The summed E-state index contributed by atoms with van der Waals surface area (Å²) in [6.07, 6.45) is 14.2. The van der Waals surface area contributed by atoms with Crippen LogP contribution in [0.3, 0.4) is 0 Å². The maximum atomic E-state index is 5.65. The highest BCUT2D eigenvalue weighted by atomic mass is 32.1. The molecule has 2 aromatic carbocycles. The van der Waals surface area contributed by atoms with Gasteiger partial charge in [0.25, 0.3) is 5.01 Å².